The Morgan fingerprint density at radius 2 is 1.82 bits per heavy atom. The van der Waals surface area contributed by atoms with Crippen molar-refractivity contribution in [1.82, 2.24) is 15.4 Å². The molecule has 0 saturated heterocycles. The van der Waals surface area contributed by atoms with Gasteiger partial charge >= 0.3 is 0 Å². The second kappa shape index (κ2) is 11.4. The molecule has 0 aliphatic carbocycles. The van der Waals surface area contributed by atoms with E-state index >= 15 is 0 Å². The third-order valence-electron chi connectivity index (χ3n) is 3.05. The molecule has 6 nitrogen and oxygen atoms in total. The van der Waals surface area contributed by atoms with E-state index in [9.17, 15) is 8.42 Å². The summed E-state index contributed by atoms with van der Waals surface area (Å²) in [5, 5.41) is 6.42. The minimum atomic E-state index is -3.12. The molecule has 1 atom stereocenters. The zero-order valence-corrected chi connectivity index (χ0v) is 17.8. The van der Waals surface area contributed by atoms with Crippen LogP contribution in [0.15, 0.2) is 4.99 Å². The molecule has 0 saturated carbocycles. The van der Waals surface area contributed by atoms with E-state index in [1.54, 1.807) is 14.0 Å². The lowest BCUT2D eigenvalue weighted by Gasteiger charge is -2.23. The van der Waals surface area contributed by atoms with Gasteiger partial charge in [-0.15, -0.1) is 24.0 Å². The summed E-state index contributed by atoms with van der Waals surface area (Å²) in [7, 11) is -1.41. The van der Waals surface area contributed by atoms with Gasteiger partial charge in [0.05, 0.1) is 5.75 Å². The van der Waals surface area contributed by atoms with Gasteiger partial charge in [-0.2, -0.15) is 0 Å². The largest absolute Gasteiger partial charge is 0.355 e. The molecule has 0 rings (SSSR count). The fourth-order valence-electron chi connectivity index (χ4n) is 1.64. The molecule has 8 heteroatoms. The van der Waals surface area contributed by atoms with Gasteiger partial charge in [0.15, 0.2) is 5.96 Å². The number of sulfonamides is 1. The maximum atomic E-state index is 11.3. The molecule has 0 aliphatic rings. The molecule has 3 N–H and O–H groups in total. The quantitative estimate of drug-likeness (QED) is 0.229. The molecule has 0 amide bonds. The van der Waals surface area contributed by atoms with Crippen LogP contribution >= 0.6 is 24.0 Å². The molecular weight excluding hydrogens is 415 g/mol. The first-order valence-corrected chi connectivity index (χ1v) is 9.19. The van der Waals surface area contributed by atoms with Crippen LogP contribution in [0.4, 0.5) is 0 Å². The van der Waals surface area contributed by atoms with Gasteiger partial charge in [-0.25, -0.2) is 13.1 Å². The highest BCUT2D eigenvalue weighted by Gasteiger charge is 2.13. The number of hydrogen-bond acceptors (Lipinski definition) is 3. The van der Waals surface area contributed by atoms with E-state index in [0.29, 0.717) is 30.5 Å². The Morgan fingerprint density at radius 1 is 1.23 bits per heavy atom. The molecule has 0 radical (unpaired) electrons. The van der Waals surface area contributed by atoms with E-state index in [1.807, 2.05) is 0 Å². The average Bonchev–Trinajstić information content (AvgIpc) is 2.39. The van der Waals surface area contributed by atoms with Crippen LogP contribution in [0.25, 0.3) is 0 Å². The fourth-order valence-corrected chi connectivity index (χ4v) is 2.26. The Bertz CT molecular complexity index is 419. The van der Waals surface area contributed by atoms with E-state index in [-0.39, 0.29) is 29.7 Å². The first-order valence-electron chi connectivity index (χ1n) is 7.54. The number of nitrogens with zero attached hydrogens (tertiary/aromatic N) is 1. The molecule has 0 bridgehead atoms. The number of guanidine groups is 1. The number of hydrogen-bond donors (Lipinski definition) is 3. The summed E-state index contributed by atoms with van der Waals surface area (Å²) in [5.74, 6) is 0.802. The van der Waals surface area contributed by atoms with Crippen molar-refractivity contribution >= 4 is 40.0 Å². The van der Waals surface area contributed by atoms with Gasteiger partial charge in [0.1, 0.15) is 0 Å². The minimum Gasteiger partial charge on any atom is -0.355 e. The molecule has 0 aromatic carbocycles. The predicted octanol–water partition coefficient (Wildman–Crippen LogP) is 1.92. The lowest BCUT2D eigenvalue weighted by Crippen LogP contribution is -2.45. The van der Waals surface area contributed by atoms with Crippen molar-refractivity contribution in [2.45, 2.75) is 53.5 Å². The zero-order valence-electron chi connectivity index (χ0n) is 14.7. The molecule has 1 unspecified atom stereocenters. The van der Waals surface area contributed by atoms with Crippen molar-refractivity contribution in [2.75, 3.05) is 25.9 Å². The highest BCUT2D eigenvalue weighted by Crippen LogP contribution is 2.21. The average molecular weight is 448 g/mol. The maximum Gasteiger partial charge on any atom is 0.211 e. The van der Waals surface area contributed by atoms with Gasteiger partial charge in [0.25, 0.3) is 0 Å². The second-order valence-corrected chi connectivity index (χ2v) is 8.54. The van der Waals surface area contributed by atoms with E-state index in [4.69, 9.17) is 0 Å². The SMILES string of the molecule is CCS(=O)(=O)NCCNC(=NC)NC(C)CCC(C)(C)C.I. The van der Waals surface area contributed by atoms with Gasteiger partial charge in [-0.3, -0.25) is 4.99 Å². The van der Waals surface area contributed by atoms with Crippen molar-refractivity contribution in [1.29, 1.82) is 0 Å². The van der Waals surface area contributed by atoms with Crippen molar-refractivity contribution in [3.8, 4) is 0 Å². The Labute approximate surface area is 153 Å². The summed E-state index contributed by atoms with van der Waals surface area (Å²) in [6.45, 7) is 11.3. The molecule has 0 fully saturated rings. The van der Waals surface area contributed by atoms with E-state index in [0.717, 1.165) is 12.8 Å². The third-order valence-corrected chi connectivity index (χ3v) is 4.46. The monoisotopic (exact) mass is 448 g/mol. The van der Waals surface area contributed by atoms with Gasteiger partial charge < -0.3 is 10.6 Å². The Kier molecular flexibility index (Phi) is 12.6. The maximum absolute atomic E-state index is 11.3. The van der Waals surface area contributed by atoms with Gasteiger partial charge in [0, 0.05) is 26.2 Å². The Balaban J connectivity index is 0. The lowest BCUT2D eigenvalue weighted by molar-refractivity contribution is 0.346. The highest BCUT2D eigenvalue weighted by atomic mass is 127. The molecule has 0 aliphatic heterocycles. The summed E-state index contributed by atoms with van der Waals surface area (Å²) >= 11 is 0. The number of halogens is 1. The summed E-state index contributed by atoms with van der Waals surface area (Å²) < 4.78 is 25.1. The minimum absolute atomic E-state index is 0. The molecule has 0 heterocycles. The van der Waals surface area contributed by atoms with E-state index < -0.39 is 10.0 Å². The topological polar surface area (TPSA) is 82.6 Å². The fraction of sp³-hybridized carbons (Fsp3) is 0.929. The summed E-state index contributed by atoms with van der Waals surface area (Å²) in [4.78, 5) is 4.14. The van der Waals surface area contributed by atoms with Crippen LogP contribution in [0.5, 0.6) is 0 Å². The standard InChI is InChI=1S/C14H32N4O2S.HI/c1-7-21(19,20)17-11-10-16-13(15-6)18-12(2)8-9-14(3,4)5;/h12,17H,7-11H2,1-6H3,(H2,15,16,18);1H. The molecule has 0 spiro atoms. The van der Waals surface area contributed by atoms with E-state index in [2.05, 4.69) is 48.0 Å². The number of nitrogens with one attached hydrogen (secondary N) is 3. The Morgan fingerprint density at radius 3 is 2.27 bits per heavy atom. The molecule has 0 aromatic heterocycles. The van der Waals surface area contributed by atoms with Crippen molar-refractivity contribution in [2.24, 2.45) is 10.4 Å². The first kappa shape index (κ1) is 24.2. The second-order valence-electron chi connectivity index (χ2n) is 6.44. The van der Waals surface area contributed by atoms with Crippen molar-refractivity contribution in [3.05, 3.63) is 0 Å². The molecular formula is C14H33IN4O2S. The molecule has 134 valence electrons. The first-order chi connectivity index (χ1) is 9.59. The summed E-state index contributed by atoms with van der Waals surface area (Å²) in [6.07, 6.45) is 2.20. The van der Waals surface area contributed by atoms with Gasteiger partial charge in [-0.05, 0) is 32.1 Å². The van der Waals surface area contributed by atoms with Crippen LogP contribution in [0, 0.1) is 5.41 Å². The third kappa shape index (κ3) is 13.6. The van der Waals surface area contributed by atoms with Crippen LogP contribution in [0.3, 0.4) is 0 Å². The summed E-state index contributed by atoms with van der Waals surface area (Å²) in [5.41, 5.74) is 0.325. The highest BCUT2D eigenvalue weighted by molar-refractivity contribution is 14.0. The van der Waals surface area contributed by atoms with Crippen LogP contribution < -0.4 is 15.4 Å². The van der Waals surface area contributed by atoms with Crippen LogP contribution in [0.2, 0.25) is 0 Å². The van der Waals surface area contributed by atoms with E-state index in [1.165, 1.54) is 0 Å². The van der Waals surface area contributed by atoms with Gasteiger partial charge in [0.2, 0.25) is 10.0 Å². The summed E-state index contributed by atoms with van der Waals surface area (Å²) in [6, 6.07) is 0.322. The zero-order chi connectivity index (χ0) is 16.5. The molecule has 22 heavy (non-hydrogen) atoms. The van der Waals surface area contributed by atoms with Crippen molar-refractivity contribution < 1.29 is 8.42 Å². The number of rotatable bonds is 8. The van der Waals surface area contributed by atoms with Crippen molar-refractivity contribution in [3.63, 3.8) is 0 Å². The van der Waals surface area contributed by atoms with Gasteiger partial charge in [-0.1, -0.05) is 20.8 Å². The van der Waals surface area contributed by atoms with Crippen LogP contribution in [0.1, 0.15) is 47.5 Å². The Hall–Kier alpha value is -0.0900. The van der Waals surface area contributed by atoms with Crippen LogP contribution in [-0.2, 0) is 10.0 Å². The number of aliphatic imine (C=N–C) groups is 1. The predicted molar refractivity (Wildman–Crippen MR) is 106 cm³/mol. The van der Waals surface area contributed by atoms with Crippen LogP contribution in [-0.4, -0.2) is 46.3 Å². The smallest absolute Gasteiger partial charge is 0.211 e. The molecule has 0 aromatic rings. The lowest BCUT2D eigenvalue weighted by atomic mass is 9.89. The normalized spacial score (nSPS) is 14.2.